The van der Waals surface area contributed by atoms with Crippen molar-refractivity contribution in [3.63, 3.8) is 0 Å². The first-order chi connectivity index (χ1) is 12.1. The van der Waals surface area contributed by atoms with Crippen LogP contribution in [0.15, 0.2) is 47.5 Å². The maximum atomic E-state index is 12.7. The van der Waals surface area contributed by atoms with E-state index in [1.165, 1.54) is 28.1 Å². The van der Waals surface area contributed by atoms with Gasteiger partial charge in [0, 0.05) is 18.1 Å². The van der Waals surface area contributed by atoms with E-state index in [4.69, 9.17) is 0 Å². The number of hydrogen-bond acceptors (Lipinski definition) is 3. The van der Waals surface area contributed by atoms with Gasteiger partial charge in [0.25, 0.3) is 11.5 Å². The summed E-state index contributed by atoms with van der Waals surface area (Å²) in [5.41, 5.74) is 4.44. The molecule has 0 saturated heterocycles. The van der Waals surface area contributed by atoms with Gasteiger partial charge in [-0.2, -0.15) is 0 Å². The second-order valence-corrected chi connectivity index (χ2v) is 6.52. The number of rotatable bonds is 2. The molecule has 2 heterocycles. The van der Waals surface area contributed by atoms with Gasteiger partial charge in [-0.05, 0) is 61.4 Å². The van der Waals surface area contributed by atoms with Crippen molar-refractivity contribution in [2.24, 2.45) is 0 Å². The second-order valence-electron chi connectivity index (χ2n) is 6.52. The second kappa shape index (κ2) is 6.16. The number of aryl methyl sites for hydroxylation is 2. The normalized spacial score (nSPS) is 13.5. The van der Waals surface area contributed by atoms with Crippen molar-refractivity contribution in [2.45, 2.75) is 32.6 Å². The summed E-state index contributed by atoms with van der Waals surface area (Å²) in [6, 6.07) is 9.62. The molecule has 25 heavy (non-hydrogen) atoms. The van der Waals surface area contributed by atoms with E-state index in [-0.39, 0.29) is 11.1 Å². The molecule has 5 nitrogen and oxygen atoms in total. The van der Waals surface area contributed by atoms with Gasteiger partial charge >= 0.3 is 0 Å². The van der Waals surface area contributed by atoms with E-state index in [1.807, 2.05) is 25.1 Å². The van der Waals surface area contributed by atoms with E-state index in [9.17, 15) is 9.59 Å². The SMILES string of the molecule is Cc1ccc2ncc(C(=O)Nc3cccc4c3CCCC4)c(=O)n2c1. The number of nitrogens with zero attached hydrogens (tertiary/aromatic N) is 2. The van der Waals surface area contributed by atoms with Gasteiger partial charge in [-0.3, -0.25) is 14.0 Å². The molecule has 5 heteroatoms. The van der Waals surface area contributed by atoms with E-state index < -0.39 is 5.91 Å². The summed E-state index contributed by atoms with van der Waals surface area (Å²) < 4.78 is 1.42. The molecule has 0 atom stereocenters. The predicted molar refractivity (Wildman–Crippen MR) is 97.2 cm³/mol. The van der Waals surface area contributed by atoms with Crippen LogP contribution in [0.25, 0.3) is 5.65 Å². The Balaban J connectivity index is 1.72. The summed E-state index contributed by atoms with van der Waals surface area (Å²) in [7, 11) is 0. The molecule has 1 N–H and O–H groups in total. The maximum Gasteiger partial charge on any atom is 0.270 e. The minimum atomic E-state index is -0.410. The van der Waals surface area contributed by atoms with E-state index in [0.717, 1.165) is 30.5 Å². The van der Waals surface area contributed by atoms with E-state index in [0.29, 0.717) is 5.65 Å². The lowest BCUT2D eigenvalue weighted by atomic mass is 9.90. The van der Waals surface area contributed by atoms with Crippen LogP contribution < -0.4 is 10.9 Å². The van der Waals surface area contributed by atoms with Crippen molar-refractivity contribution in [2.75, 3.05) is 5.32 Å². The average Bonchev–Trinajstić information content (AvgIpc) is 2.63. The molecule has 0 spiro atoms. The fourth-order valence-electron chi connectivity index (χ4n) is 3.43. The first-order valence-electron chi connectivity index (χ1n) is 8.53. The molecule has 0 fully saturated rings. The minimum absolute atomic E-state index is 0.0523. The summed E-state index contributed by atoms with van der Waals surface area (Å²) >= 11 is 0. The number of nitrogens with one attached hydrogen (secondary N) is 1. The summed E-state index contributed by atoms with van der Waals surface area (Å²) in [5, 5.41) is 2.91. The number of carbonyl (C=O) groups excluding carboxylic acids is 1. The van der Waals surface area contributed by atoms with Crippen molar-refractivity contribution in [3.8, 4) is 0 Å². The number of aromatic nitrogens is 2. The number of carbonyl (C=O) groups is 1. The van der Waals surface area contributed by atoms with Gasteiger partial charge in [-0.1, -0.05) is 18.2 Å². The summed E-state index contributed by atoms with van der Waals surface area (Å²) in [6.07, 6.45) is 7.36. The number of pyridine rings is 1. The van der Waals surface area contributed by atoms with Crippen LogP contribution in [-0.4, -0.2) is 15.3 Å². The van der Waals surface area contributed by atoms with Gasteiger partial charge in [0.05, 0.1) is 0 Å². The van der Waals surface area contributed by atoms with Crippen LogP contribution in [0.4, 0.5) is 5.69 Å². The van der Waals surface area contributed by atoms with Crippen molar-refractivity contribution in [3.05, 3.63) is 75.3 Å². The van der Waals surface area contributed by atoms with Crippen LogP contribution >= 0.6 is 0 Å². The Labute approximate surface area is 145 Å². The Bertz CT molecular complexity index is 1040. The van der Waals surface area contributed by atoms with Gasteiger partial charge in [0.2, 0.25) is 0 Å². The third-order valence-corrected chi connectivity index (χ3v) is 4.74. The highest BCUT2D eigenvalue weighted by atomic mass is 16.2. The van der Waals surface area contributed by atoms with Crippen molar-refractivity contribution >= 4 is 17.2 Å². The minimum Gasteiger partial charge on any atom is -0.322 e. The van der Waals surface area contributed by atoms with Gasteiger partial charge in [-0.15, -0.1) is 0 Å². The van der Waals surface area contributed by atoms with E-state index in [1.54, 1.807) is 12.3 Å². The number of fused-ring (bicyclic) bond motifs is 2. The predicted octanol–water partition coefficient (Wildman–Crippen LogP) is 3.13. The highest BCUT2D eigenvalue weighted by Gasteiger charge is 2.18. The molecule has 0 radical (unpaired) electrons. The molecule has 1 amide bonds. The zero-order valence-corrected chi connectivity index (χ0v) is 14.1. The van der Waals surface area contributed by atoms with Crippen LogP contribution in [0.2, 0.25) is 0 Å². The molecule has 0 saturated carbocycles. The largest absolute Gasteiger partial charge is 0.322 e. The molecule has 1 aliphatic carbocycles. The smallest absolute Gasteiger partial charge is 0.270 e. The lowest BCUT2D eigenvalue weighted by Gasteiger charge is -2.19. The highest BCUT2D eigenvalue weighted by Crippen LogP contribution is 2.28. The fourth-order valence-corrected chi connectivity index (χ4v) is 3.43. The standard InChI is InChI=1S/C20H19N3O2/c1-13-9-10-18-21-11-16(20(25)23(18)12-13)19(24)22-17-8-4-6-14-5-2-3-7-15(14)17/h4,6,8-12H,2-3,5,7H2,1H3,(H,22,24). The topological polar surface area (TPSA) is 63.5 Å². The summed E-state index contributed by atoms with van der Waals surface area (Å²) in [4.78, 5) is 29.6. The Morgan fingerprint density at radius 1 is 1.16 bits per heavy atom. The lowest BCUT2D eigenvalue weighted by Crippen LogP contribution is -2.27. The molecule has 0 unspecified atom stereocenters. The first kappa shape index (κ1) is 15.6. The Kier molecular flexibility index (Phi) is 3.84. The molecule has 1 aromatic carbocycles. The molecule has 0 bridgehead atoms. The molecule has 2 aromatic heterocycles. The molecular weight excluding hydrogens is 314 g/mol. The molecule has 126 valence electrons. The molecule has 1 aliphatic rings. The van der Waals surface area contributed by atoms with Gasteiger partial charge < -0.3 is 5.32 Å². The molecular formula is C20H19N3O2. The van der Waals surface area contributed by atoms with Crippen LogP contribution in [0, 0.1) is 6.92 Å². The number of anilines is 1. The zero-order chi connectivity index (χ0) is 17.4. The Morgan fingerprint density at radius 3 is 2.88 bits per heavy atom. The number of benzene rings is 1. The Hall–Kier alpha value is -2.95. The maximum absolute atomic E-state index is 12.7. The van der Waals surface area contributed by atoms with Gasteiger partial charge in [-0.25, -0.2) is 4.98 Å². The first-order valence-corrected chi connectivity index (χ1v) is 8.53. The van der Waals surface area contributed by atoms with E-state index in [2.05, 4.69) is 16.4 Å². The van der Waals surface area contributed by atoms with Gasteiger partial charge in [0.15, 0.2) is 0 Å². The lowest BCUT2D eigenvalue weighted by molar-refractivity contribution is 0.102. The van der Waals surface area contributed by atoms with Crippen molar-refractivity contribution in [1.82, 2.24) is 9.38 Å². The average molecular weight is 333 g/mol. The van der Waals surface area contributed by atoms with Crippen LogP contribution in [0.5, 0.6) is 0 Å². The monoisotopic (exact) mass is 333 g/mol. The van der Waals surface area contributed by atoms with Gasteiger partial charge in [0.1, 0.15) is 11.2 Å². The van der Waals surface area contributed by atoms with Crippen LogP contribution in [0.3, 0.4) is 0 Å². The molecule has 4 rings (SSSR count). The van der Waals surface area contributed by atoms with Crippen LogP contribution in [0.1, 0.15) is 39.9 Å². The van der Waals surface area contributed by atoms with E-state index >= 15 is 0 Å². The summed E-state index contributed by atoms with van der Waals surface area (Å²) in [5.74, 6) is -0.410. The van der Waals surface area contributed by atoms with Crippen molar-refractivity contribution in [1.29, 1.82) is 0 Å². The third-order valence-electron chi connectivity index (χ3n) is 4.74. The highest BCUT2D eigenvalue weighted by molar-refractivity contribution is 6.04. The molecule has 3 aromatic rings. The fraction of sp³-hybridized carbons (Fsp3) is 0.250. The number of hydrogen-bond donors (Lipinski definition) is 1. The summed E-state index contributed by atoms with van der Waals surface area (Å²) in [6.45, 7) is 1.90. The Morgan fingerprint density at radius 2 is 2.00 bits per heavy atom. The van der Waals surface area contributed by atoms with Crippen molar-refractivity contribution < 1.29 is 4.79 Å². The number of amides is 1. The van der Waals surface area contributed by atoms with Crippen LogP contribution in [-0.2, 0) is 12.8 Å². The molecule has 0 aliphatic heterocycles. The quantitative estimate of drug-likeness (QED) is 0.784. The zero-order valence-electron chi connectivity index (χ0n) is 14.1. The third kappa shape index (κ3) is 2.82.